The molecule has 0 aromatic carbocycles. The van der Waals surface area contributed by atoms with Crippen molar-refractivity contribution in [2.75, 3.05) is 13.1 Å². The number of hydrogen-bond donors (Lipinski definition) is 0. The van der Waals surface area contributed by atoms with Crippen LogP contribution in [0.1, 0.15) is 20.8 Å². The van der Waals surface area contributed by atoms with E-state index in [2.05, 4.69) is 0 Å². The highest BCUT2D eigenvalue weighted by atomic mass is 35.5. The molecule has 0 aromatic rings. The summed E-state index contributed by atoms with van der Waals surface area (Å²) < 4.78 is 58.3. The Labute approximate surface area is 112 Å². The topological polar surface area (TPSA) is 29.5 Å². The van der Waals surface area contributed by atoms with Crippen LogP contribution in [-0.4, -0.2) is 46.4 Å². The molecule has 3 nitrogen and oxygen atoms in total. The van der Waals surface area contributed by atoms with Crippen LogP contribution in [0.5, 0.6) is 0 Å². The number of likely N-dealkylation sites (tertiary alicyclic amines) is 1. The van der Waals surface area contributed by atoms with Crippen LogP contribution in [0.2, 0.25) is 0 Å². The third-order valence-electron chi connectivity index (χ3n) is 3.41. The van der Waals surface area contributed by atoms with Crippen LogP contribution in [0.3, 0.4) is 0 Å². The average molecular weight is 304 g/mol. The largest absolute Gasteiger partial charge is 0.444 e. The first-order valence-corrected chi connectivity index (χ1v) is 6.13. The van der Waals surface area contributed by atoms with Gasteiger partial charge in [-0.05, 0) is 20.8 Å². The normalized spacial score (nSPS) is 35.6. The molecule has 0 radical (unpaired) electrons. The van der Waals surface area contributed by atoms with Crippen LogP contribution in [0.15, 0.2) is 0 Å². The molecule has 1 amide bonds. The fourth-order valence-corrected chi connectivity index (χ4v) is 2.90. The Hall–Kier alpha value is -0.720. The Balaban J connectivity index is 2.15. The van der Waals surface area contributed by atoms with Crippen LogP contribution in [0.4, 0.5) is 22.4 Å². The lowest BCUT2D eigenvalue weighted by Crippen LogP contribution is -2.75. The third kappa shape index (κ3) is 1.80. The molecule has 2 unspecified atom stereocenters. The van der Waals surface area contributed by atoms with Crippen molar-refractivity contribution in [1.29, 1.82) is 0 Å². The van der Waals surface area contributed by atoms with Gasteiger partial charge in [-0.3, -0.25) is 0 Å². The summed E-state index contributed by atoms with van der Waals surface area (Å²) in [5.74, 6) is -10.3. The monoisotopic (exact) mass is 303 g/mol. The van der Waals surface area contributed by atoms with Crippen LogP contribution >= 0.6 is 11.6 Å². The summed E-state index contributed by atoms with van der Waals surface area (Å²) in [6, 6.07) is 0. The van der Waals surface area contributed by atoms with Crippen molar-refractivity contribution in [3.05, 3.63) is 0 Å². The first-order valence-electron chi connectivity index (χ1n) is 5.75. The molecular formula is C11H14ClF4NO2. The lowest BCUT2D eigenvalue weighted by Gasteiger charge is -2.52. The fourth-order valence-electron chi connectivity index (χ4n) is 2.42. The molecule has 0 spiro atoms. The van der Waals surface area contributed by atoms with E-state index in [1.165, 1.54) is 0 Å². The first kappa shape index (κ1) is 14.7. The van der Waals surface area contributed by atoms with Gasteiger partial charge in [0.15, 0.2) is 0 Å². The molecule has 8 heteroatoms. The summed E-state index contributed by atoms with van der Waals surface area (Å²) in [4.78, 5) is 10.1. The number of rotatable bonds is 0. The lowest BCUT2D eigenvalue weighted by molar-refractivity contribution is -0.326. The fraction of sp³-hybridized carbons (Fsp3) is 0.909. The number of fused-ring (bicyclic) bond motifs is 1. The minimum Gasteiger partial charge on any atom is -0.444 e. The maximum absolute atomic E-state index is 13.4. The van der Waals surface area contributed by atoms with Crippen molar-refractivity contribution in [3.63, 3.8) is 0 Å². The molecule has 2 rings (SSSR count). The maximum Gasteiger partial charge on any atom is 0.410 e. The Morgan fingerprint density at radius 1 is 1.32 bits per heavy atom. The van der Waals surface area contributed by atoms with Gasteiger partial charge in [0, 0.05) is 13.1 Å². The van der Waals surface area contributed by atoms with Crippen LogP contribution in [0.25, 0.3) is 0 Å². The minimum atomic E-state index is -4.32. The highest BCUT2D eigenvalue weighted by Crippen LogP contribution is 2.67. The molecule has 1 aliphatic carbocycles. The summed E-state index contributed by atoms with van der Waals surface area (Å²) in [5.41, 5.74) is -0.830. The summed E-state index contributed by atoms with van der Waals surface area (Å²) >= 11 is 5.61. The number of carbonyl (C=O) groups is 1. The predicted molar refractivity (Wildman–Crippen MR) is 59.8 cm³/mol. The van der Waals surface area contributed by atoms with Gasteiger partial charge in [0.05, 0.1) is 5.92 Å². The Morgan fingerprint density at radius 3 is 2.26 bits per heavy atom. The summed E-state index contributed by atoms with van der Waals surface area (Å²) in [6.45, 7) is 3.61. The molecule has 2 aliphatic rings. The van der Waals surface area contributed by atoms with E-state index >= 15 is 0 Å². The van der Waals surface area contributed by atoms with Gasteiger partial charge in [-0.2, -0.15) is 17.6 Å². The molecular weight excluding hydrogens is 290 g/mol. The number of ether oxygens (including phenoxy) is 1. The third-order valence-corrected chi connectivity index (χ3v) is 4.03. The molecule has 0 bridgehead atoms. The second-order valence-corrected chi connectivity index (χ2v) is 6.65. The molecule has 0 aromatic heterocycles. The van der Waals surface area contributed by atoms with Gasteiger partial charge in [-0.25, -0.2) is 4.79 Å². The van der Waals surface area contributed by atoms with Crippen molar-refractivity contribution in [2.45, 2.75) is 43.1 Å². The molecule has 19 heavy (non-hydrogen) atoms. The molecule has 1 saturated heterocycles. The van der Waals surface area contributed by atoms with E-state index in [1.807, 2.05) is 0 Å². The van der Waals surface area contributed by atoms with Crippen molar-refractivity contribution in [3.8, 4) is 0 Å². The second-order valence-electron chi connectivity index (χ2n) is 5.97. The van der Waals surface area contributed by atoms with Crippen LogP contribution < -0.4 is 0 Å². The van der Waals surface area contributed by atoms with E-state index in [-0.39, 0.29) is 0 Å². The summed E-state index contributed by atoms with van der Waals surface area (Å²) in [6.07, 6.45) is -0.909. The van der Waals surface area contributed by atoms with Crippen molar-refractivity contribution >= 4 is 17.7 Å². The standard InChI is InChI=1S/C11H14ClF4NO2/c1-8(2,3)19-7(18)17-4-6-9(12,5-17)11(15,16)10(6,13)14/h6H,4-5H2,1-3H3. The molecule has 1 aliphatic heterocycles. The van der Waals surface area contributed by atoms with Gasteiger partial charge < -0.3 is 9.64 Å². The summed E-state index contributed by atoms with van der Waals surface area (Å²) in [7, 11) is 0. The highest BCUT2D eigenvalue weighted by molar-refractivity contribution is 6.26. The van der Waals surface area contributed by atoms with E-state index in [9.17, 15) is 22.4 Å². The number of halogens is 5. The molecule has 1 heterocycles. The predicted octanol–water partition coefficient (Wildman–Crippen LogP) is 3.12. The average Bonchev–Trinajstić information content (AvgIpc) is 2.53. The zero-order valence-electron chi connectivity index (χ0n) is 10.6. The summed E-state index contributed by atoms with van der Waals surface area (Å²) in [5, 5.41) is 0. The first-order chi connectivity index (χ1) is 8.33. The highest BCUT2D eigenvalue weighted by Gasteiger charge is 2.88. The van der Waals surface area contributed by atoms with Crippen LogP contribution in [0, 0.1) is 5.92 Å². The number of alkyl halides is 5. The van der Waals surface area contributed by atoms with Gasteiger partial charge in [0.2, 0.25) is 0 Å². The van der Waals surface area contributed by atoms with Crippen LogP contribution in [-0.2, 0) is 4.74 Å². The van der Waals surface area contributed by atoms with E-state index in [1.54, 1.807) is 20.8 Å². The van der Waals surface area contributed by atoms with Gasteiger partial charge in [-0.1, -0.05) is 0 Å². The van der Waals surface area contributed by atoms with Crippen molar-refractivity contribution in [1.82, 2.24) is 4.90 Å². The zero-order chi connectivity index (χ0) is 14.9. The molecule has 2 atom stereocenters. The SMILES string of the molecule is CC(C)(C)OC(=O)N1CC2C(F)(F)C(F)(F)C2(Cl)C1. The molecule has 2 fully saturated rings. The molecule has 1 saturated carbocycles. The second kappa shape index (κ2) is 3.68. The quantitative estimate of drug-likeness (QED) is 0.508. The Morgan fingerprint density at radius 2 is 1.84 bits per heavy atom. The zero-order valence-corrected chi connectivity index (χ0v) is 11.4. The molecule has 110 valence electrons. The van der Waals surface area contributed by atoms with E-state index < -0.39 is 47.4 Å². The van der Waals surface area contributed by atoms with Gasteiger partial charge >= 0.3 is 17.9 Å². The van der Waals surface area contributed by atoms with E-state index in [0.717, 1.165) is 4.90 Å². The lowest BCUT2D eigenvalue weighted by atomic mass is 9.67. The van der Waals surface area contributed by atoms with Gasteiger partial charge in [0.25, 0.3) is 0 Å². The number of amides is 1. The smallest absolute Gasteiger partial charge is 0.410 e. The van der Waals surface area contributed by atoms with Gasteiger partial charge in [-0.15, -0.1) is 11.6 Å². The van der Waals surface area contributed by atoms with E-state index in [0.29, 0.717) is 0 Å². The number of carbonyl (C=O) groups excluding carboxylic acids is 1. The molecule has 0 N–H and O–H groups in total. The number of hydrogen-bond acceptors (Lipinski definition) is 2. The Kier molecular flexibility index (Phi) is 2.84. The number of nitrogens with zero attached hydrogens (tertiary/aromatic N) is 1. The van der Waals surface area contributed by atoms with Crippen molar-refractivity contribution in [2.24, 2.45) is 5.92 Å². The Bertz CT molecular complexity index is 423. The van der Waals surface area contributed by atoms with E-state index in [4.69, 9.17) is 16.3 Å². The van der Waals surface area contributed by atoms with Crippen molar-refractivity contribution < 1.29 is 27.1 Å². The van der Waals surface area contributed by atoms with Gasteiger partial charge in [0.1, 0.15) is 10.5 Å². The maximum atomic E-state index is 13.4. The minimum absolute atomic E-state index is 0.527.